The van der Waals surface area contributed by atoms with E-state index in [1.165, 1.54) is 22.7 Å². The highest BCUT2D eigenvalue weighted by Crippen LogP contribution is 2.41. The van der Waals surface area contributed by atoms with Gasteiger partial charge in [-0.2, -0.15) is 0 Å². The van der Waals surface area contributed by atoms with Crippen LogP contribution in [0.3, 0.4) is 0 Å². The molecule has 3 aromatic rings. The molecule has 2 N–H and O–H groups in total. The molecule has 2 aromatic heterocycles. The Kier molecular flexibility index (Phi) is 3.85. The van der Waals surface area contributed by atoms with Crippen LogP contribution in [0.5, 0.6) is 0 Å². The molecule has 1 aromatic carbocycles. The molecule has 0 fully saturated rings. The molecule has 7 heteroatoms. The molecule has 0 radical (unpaired) electrons. The maximum absolute atomic E-state index is 5.43. The molecule has 3 rings (SSSR count). The van der Waals surface area contributed by atoms with E-state index in [0.29, 0.717) is 0 Å². The summed E-state index contributed by atoms with van der Waals surface area (Å²) in [6, 6.07) is 7.78. The summed E-state index contributed by atoms with van der Waals surface area (Å²) in [6.45, 7) is 3.83. The number of nitrogens with zero attached hydrogens (tertiary/aromatic N) is 2. The Balaban J connectivity index is 2.21. The zero-order valence-electron chi connectivity index (χ0n) is 11.5. The van der Waals surface area contributed by atoms with Crippen molar-refractivity contribution < 1.29 is 4.84 Å². The Morgan fingerprint density at radius 2 is 1.90 bits per heavy atom. The average molecular weight is 335 g/mol. The minimum absolute atomic E-state index is 0.610. The summed E-state index contributed by atoms with van der Waals surface area (Å²) in [6.07, 6.45) is 1.77. The molecule has 0 aliphatic carbocycles. The van der Waals surface area contributed by atoms with Gasteiger partial charge < -0.3 is 0 Å². The van der Waals surface area contributed by atoms with Crippen molar-refractivity contribution in [3.8, 4) is 10.6 Å². The van der Waals surface area contributed by atoms with Gasteiger partial charge in [0.2, 0.25) is 0 Å². The number of benzene rings is 1. The molecule has 0 aliphatic rings. The van der Waals surface area contributed by atoms with Crippen LogP contribution in [0, 0.1) is 3.14 Å². The zero-order valence-corrected chi connectivity index (χ0v) is 13.9. The van der Waals surface area contributed by atoms with Crippen molar-refractivity contribution in [3.63, 3.8) is 0 Å². The van der Waals surface area contributed by atoms with Crippen LogP contribution < -0.4 is 5.90 Å². The van der Waals surface area contributed by atoms with Crippen LogP contribution in [0.1, 0.15) is 18.7 Å². The first-order valence-corrected chi connectivity index (χ1v) is 8.30. The van der Waals surface area contributed by atoms with Gasteiger partial charge >= 0.3 is 0 Å². The zero-order chi connectivity index (χ0) is 15.0. The minimum Gasteiger partial charge on any atom is -0.293 e. The van der Waals surface area contributed by atoms with E-state index in [9.17, 15) is 0 Å². The number of hydrogen-bond donors (Lipinski definition) is 1. The van der Waals surface area contributed by atoms with E-state index >= 15 is 0 Å². The molecule has 0 saturated carbocycles. The van der Waals surface area contributed by atoms with Crippen LogP contribution in [-0.2, 0) is 10.4 Å². The molecule has 108 valence electrons. The predicted molar refractivity (Wildman–Crippen MR) is 89.9 cm³/mol. The Labute approximate surface area is 135 Å². The fourth-order valence-electron chi connectivity index (χ4n) is 1.97. The second-order valence-corrected chi connectivity index (χ2v) is 8.21. The fraction of sp³-hybridized carbons (Fsp3) is 0.214. The molecular formula is C14H13N3OS3. The van der Waals surface area contributed by atoms with Gasteiger partial charge in [0.15, 0.2) is 0 Å². The predicted octanol–water partition coefficient (Wildman–Crippen LogP) is 4.27. The Hall–Kier alpha value is -1.25. The van der Waals surface area contributed by atoms with Crippen molar-refractivity contribution in [2.75, 3.05) is 0 Å². The van der Waals surface area contributed by atoms with Crippen molar-refractivity contribution in [1.29, 1.82) is 0 Å². The lowest BCUT2D eigenvalue weighted by Crippen LogP contribution is -2.24. The maximum atomic E-state index is 5.43. The lowest BCUT2D eigenvalue weighted by Gasteiger charge is -2.21. The molecule has 2 heterocycles. The quantitative estimate of drug-likeness (QED) is 0.572. The van der Waals surface area contributed by atoms with E-state index in [-0.39, 0.29) is 0 Å². The van der Waals surface area contributed by atoms with Crippen molar-refractivity contribution >= 4 is 45.9 Å². The normalized spacial score (nSPS) is 12.0. The summed E-state index contributed by atoms with van der Waals surface area (Å²) in [5.41, 5.74) is 1.92. The monoisotopic (exact) mass is 335 g/mol. The highest BCUT2D eigenvalue weighted by atomic mass is 32.2. The molecule has 0 bridgehead atoms. The molecule has 0 amide bonds. The third-order valence-electron chi connectivity index (χ3n) is 3.10. The first-order chi connectivity index (χ1) is 10.0. The number of nitrogens with two attached hydrogens (primary N) is 1. The van der Waals surface area contributed by atoms with Gasteiger partial charge in [-0.3, -0.25) is 9.82 Å². The standard InChI is InChI=1S/C14H13N3OS3/c1-14(2,18-15)12-11(20-13(19)21-12)10-7-16-8-5-3-4-6-9(8)17-10/h3-7H,15H2,1-2H3. The fourth-order valence-corrected chi connectivity index (χ4v) is 4.75. The van der Waals surface area contributed by atoms with Gasteiger partial charge in [-0.15, -0.1) is 22.7 Å². The van der Waals surface area contributed by atoms with Gasteiger partial charge in [0, 0.05) is 0 Å². The molecule has 0 atom stereocenters. The summed E-state index contributed by atoms with van der Waals surface area (Å²) in [5.74, 6) is 5.43. The number of hydrogen-bond acceptors (Lipinski definition) is 7. The highest BCUT2D eigenvalue weighted by Gasteiger charge is 2.28. The maximum Gasteiger partial charge on any atom is 0.144 e. The summed E-state index contributed by atoms with van der Waals surface area (Å²) >= 11 is 8.35. The molecule has 4 nitrogen and oxygen atoms in total. The number of para-hydroxylation sites is 2. The Morgan fingerprint density at radius 1 is 1.19 bits per heavy atom. The second-order valence-electron chi connectivity index (χ2n) is 4.98. The second kappa shape index (κ2) is 5.51. The smallest absolute Gasteiger partial charge is 0.144 e. The highest BCUT2D eigenvalue weighted by molar-refractivity contribution is 7.76. The van der Waals surface area contributed by atoms with E-state index in [1.807, 2.05) is 38.1 Å². The number of fused-ring (bicyclic) bond motifs is 1. The van der Waals surface area contributed by atoms with E-state index in [1.54, 1.807) is 6.20 Å². The summed E-state index contributed by atoms with van der Waals surface area (Å²) in [5, 5.41) is 0. The molecular weight excluding hydrogens is 322 g/mol. The molecule has 0 unspecified atom stereocenters. The molecule has 0 saturated heterocycles. The number of rotatable bonds is 3. The van der Waals surface area contributed by atoms with Crippen LogP contribution in [0.25, 0.3) is 21.6 Å². The van der Waals surface area contributed by atoms with Crippen LogP contribution in [0.15, 0.2) is 30.5 Å². The van der Waals surface area contributed by atoms with Crippen molar-refractivity contribution in [2.24, 2.45) is 5.90 Å². The van der Waals surface area contributed by atoms with E-state index < -0.39 is 5.60 Å². The van der Waals surface area contributed by atoms with Gasteiger partial charge in [0.05, 0.1) is 27.0 Å². The van der Waals surface area contributed by atoms with Crippen molar-refractivity contribution in [1.82, 2.24) is 9.97 Å². The van der Waals surface area contributed by atoms with E-state index in [4.69, 9.17) is 23.0 Å². The lowest BCUT2D eigenvalue weighted by atomic mass is 10.1. The summed E-state index contributed by atoms with van der Waals surface area (Å²) in [7, 11) is 0. The van der Waals surface area contributed by atoms with Gasteiger partial charge in [0.1, 0.15) is 14.4 Å². The van der Waals surface area contributed by atoms with Crippen LogP contribution >= 0.6 is 34.9 Å². The van der Waals surface area contributed by atoms with Gasteiger partial charge in [-0.25, -0.2) is 10.9 Å². The third-order valence-corrected chi connectivity index (χ3v) is 6.08. The topological polar surface area (TPSA) is 61.0 Å². The van der Waals surface area contributed by atoms with E-state index in [2.05, 4.69) is 9.97 Å². The summed E-state index contributed by atoms with van der Waals surface area (Å²) < 4.78 is 0.820. The molecule has 21 heavy (non-hydrogen) atoms. The first kappa shape index (κ1) is 14.7. The lowest BCUT2D eigenvalue weighted by molar-refractivity contribution is -0.0203. The molecule has 0 spiro atoms. The Bertz CT molecular complexity index is 854. The molecule has 0 aliphatic heterocycles. The Morgan fingerprint density at radius 3 is 2.62 bits per heavy atom. The van der Waals surface area contributed by atoms with Crippen LogP contribution in [0.2, 0.25) is 0 Å². The van der Waals surface area contributed by atoms with E-state index in [0.717, 1.165) is 29.6 Å². The van der Waals surface area contributed by atoms with Gasteiger partial charge in [-0.05, 0) is 26.0 Å². The van der Waals surface area contributed by atoms with Crippen molar-refractivity contribution in [3.05, 3.63) is 38.5 Å². The van der Waals surface area contributed by atoms with Crippen molar-refractivity contribution in [2.45, 2.75) is 19.4 Å². The van der Waals surface area contributed by atoms with Gasteiger partial charge in [-0.1, -0.05) is 24.4 Å². The number of aromatic nitrogens is 2. The summed E-state index contributed by atoms with van der Waals surface area (Å²) in [4.78, 5) is 16.2. The van der Waals surface area contributed by atoms with Crippen LogP contribution in [0.4, 0.5) is 0 Å². The average Bonchev–Trinajstić information content (AvgIpc) is 2.89. The van der Waals surface area contributed by atoms with Gasteiger partial charge in [0.25, 0.3) is 0 Å². The van der Waals surface area contributed by atoms with Crippen LogP contribution in [-0.4, -0.2) is 9.97 Å². The SMILES string of the molecule is CC(C)(ON)c1sc(=S)sc1-c1cnc2ccccc2n1. The first-order valence-electron chi connectivity index (χ1n) is 6.26. The largest absolute Gasteiger partial charge is 0.293 e. The minimum atomic E-state index is -0.610. The third kappa shape index (κ3) is 2.75.